The van der Waals surface area contributed by atoms with Crippen molar-refractivity contribution in [1.29, 1.82) is 0 Å². The second kappa shape index (κ2) is 17.5. The molecule has 0 aromatic heterocycles. The fourth-order valence-electron chi connectivity index (χ4n) is 3.69. The van der Waals surface area contributed by atoms with Crippen molar-refractivity contribution in [3.8, 4) is 5.75 Å². The Balaban J connectivity index is 1.70. The van der Waals surface area contributed by atoms with Gasteiger partial charge in [0.15, 0.2) is 0 Å². The van der Waals surface area contributed by atoms with E-state index in [0.717, 1.165) is 11.1 Å². The number of hydrogen-bond donors (Lipinski definition) is 4. The van der Waals surface area contributed by atoms with Crippen molar-refractivity contribution in [3.63, 3.8) is 0 Å². The molecule has 0 spiro atoms. The average molecular weight is 648 g/mol. The van der Waals surface area contributed by atoms with Crippen LogP contribution < -0.4 is 26.4 Å². The summed E-state index contributed by atoms with van der Waals surface area (Å²) in [5, 5.41) is 7.17. The molecule has 0 saturated heterocycles. The van der Waals surface area contributed by atoms with Crippen LogP contribution in [0.15, 0.2) is 89.9 Å². The van der Waals surface area contributed by atoms with Crippen LogP contribution in [0.4, 0.5) is 20.1 Å². The van der Waals surface area contributed by atoms with Gasteiger partial charge in [0.1, 0.15) is 30.6 Å². The third kappa shape index (κ3) is 14.2. The lowest BCUT2D eigenvalue weighted by Gasteiger charge is -2.22. The summed E-state index contributed by atoms with van der Waals surface area (Å²) in [6, 6.07) is 22.4. The Kier molecular flexibility index (Phi) is 13.3. The summed E-state index contributed by atoms with van der Waals surface area (Å²) in [5.74, 6) is -1.74. The SMILES string of the molecule is CC(C)(C)OC(=O)N[C@@H](CCC(N)=O)C(=O)Oc1ccc(N=C(NC(=O)OCc2ccccc2)NC(=O)OCc2ccccc2)cc1. The number of guanidine groups is 1. The van der Waals surface area contributed by atoms with E-state index in [1.807, 2.05) is 12.1 Å². The standard InChI is InChI=1S/C33H37N5O9/c1-33(2,3)47-32(43)36-26(18-19-27(34)39)28(40)46-25-16-14-24(15-17-25)35-29(37-30(41)44-20-22-10-6-4-7-11-22)38-31(42)45-21-23-12-8-5-9-13-23/h4-17,26H,18-21H2,1-3H3,(H2,34,39)(H,36,43)(H2,35,37,38,41,42)/t26-/m0/s1. The van der Waals surface area contributed by atoms with Gasteiger partial charge in [-0.1, -0.05) is 60.7 Å². The van der Waals surface area contributed by atoms with Crippen LogP contribution in [-0.4, -0.2) is 47.8 Å². The highest BCUT2D eigenvalue weighted by Gasteiger charge is 2.26. The van der Waals surface area contributed by atoms with Crippen LogP contribution in [-0.2, 0) is 37.0 Å². The molecule has 14 nitrogen and oxygen atoms in total. The van der Waals surface area contributed by atoms with Crippen molar-refractivity contribution in [3.05, 3.63) is 96.1 Å². The third-order valence-corrected chi connectivity index (χ3v) is 5.82. The second-order valence-corrected chi connectivity index (χ2v) is 11.0. The predicted molar refractivity (Wildman–Crippen MR) is 170 cm³/mol. The first-order valence-corrected chi connectivity index (χ1v) is 14.5. The number of amides is 4. The van der Waals surface area contributed by atoms with Crippen molar-refractivity contribution in [1.82, 2.24) is 16.0 Å². The van der Waals surface area contributed by atoms with Crippen LogP contribution in [0.5, 0.6) is 5.75 Å². The molecule has 0 bridgehead atoms. The van der Waals surface area contributed by atoms with Crippen LogP contribution in [0.1, 0.15) is 44.7 Å². The molecule has 0 fully saturated rings. The number of rotatable bonds is 11. The minimum atomic E-state index is -1.22. The second-order valence-electron chi connectivity index (χ2n) is 11.0. The Labute approximate surface area is 271 Å². The first-order valence-electron chi connectivity index (χ1n) is 14.5. The number of nitrogens with two attached hydrogens (primary N) is 1. The van der Waals surface area contributed by atoms with E-state index in [2.05, 4.69) is 20.9 Å². The van der Waals surface area contributed by atoms with Gasteiger partial charge in [0.25, 0.3) is 0 Å². The van der Waals surface area contributed by atoms with Gasteiger partial charge >= 0.3 is 24.2 Å². The number of benzene rings is 3. The molecule has 0 aliphatic heterocycles. The molecule has 0 aliphatic carbocycles. The van der Waals surface area contributed by atoms with Crippen molar-refractivity contribution in [2.75, 3.05) is 0 Å². The number of hydrogen-bond acceptors (Lipinski definition) is 10. The quantitative estimate of drug-likeness (QED) is 0.0756. The maximum atomic E-state index is 12.9. The maximum absolute atomic E-state index is 12.9. The Morgan fingerprint density at radius 2 is 1.26 bits per heavy atom. The molecule has 3 aromatic carbocycles. The molecule has 3 aromatic rings. The summed E-state index contributed by atoms with van der Waals surface area (Å²) in [6.45, 7) is 4.92. The number of carbonyl (C=O) groups is 5. The molecule has 14 heteroatoms. The van der Waals surface area contributed by atoms with E-state index < -0.39 is 41.8 Å². The molecule has 0 aliphatic rings. The van der Waals surface area contributed by atoms with E-state index in [-0.39, 0.29) is 43.5 Å². The number of esters is 1. The minimum absolute atomic E-state index is 0.0261. The van der Waals surface area contributed by atoms with Gasteiger partial charge in [0.05, 0.1) is 5.69 Å². The van der Waals surface area contributed by atoms with E-state index in [1.54, 1.807) is 69.3 Å². The van der Waals surface area contributed by atoms with E-state index in [4.69, 9.17) is 24.7 Å². The van der Waals surface area contributed by atoms with Crippen LogP contribution >= 0.6 is 0 Å². The van der Waals surface area contributed by atoms with Gasteiger partial charge in [-0.2, -0.15) is 0 Å². The van der Waals surface area contributed by atoms with Crippen molar-refractivity contribution in [2.45, 2.75) is 58.5 Å². The zero-order valence-corrected chi connectivity index (χ0v) is 26.2. The Hall–Kier alpha value is -5.92. The molecule has 47 heavy (non-hydrogen) atoms. The molecule has 0 saturated carbocycles. The van der Waals surface area contributed by atoms with Gasteiger partial charge in [-0.15, -0.1) is 0 Å². The largest absolute Gasteiger partial charge is 0.444 e. The van der Waals surface area contributed by atoms with E-state index in [9.17, 15) is 24.0 Å². The third-order valence-electron chi connectivity index (χ3n) is 5.82. The summed E-state index contributed by atoms with van der Waals surface area (Å²) >= 11 is 0. The zero-order valence-electron chi connectivity index (χ0n) is 26.2. The number of carbonyl (C=O) groups excluding carboxylic acids is 5. The summed E-state index contributed by atoms with van der Waals surface area (Å²) < 4.78 is 21.0. The lowest BCUT2D eigenvalue weighted by Crippen LogP contribution is -2.45. The monoisotopic (exact) mass is 647 g/mol. The summed E-state index contributed by atoms with van der Waals surface area (Å²) in [4.78, 5) is 65.7. The van der Waals surface area contributed by atoms with Gasteiger partial charge < -0.3 is 30.0 Å². The Morgan fingerprint density at radius 3 is 1.72 bits per heavy atom. The Bertz CT molecular complexity index is 1480. The number of aliphatic imine (C=N–C) groups is 1. The molecular weight excluding hydrogens is 610 g/mol. The normalized spacial score (nSPS) is 11.2. The minimum Gasteiger partial charge on any atom is -0.444 e. The highest BCUT2D eigenvalue weighted by atomic mass is 16.6. The van der Waals surface area contributed by atoms with Gasteiger partial charge in [-0.05, 0) is 62.6 Å². The molecule has 0 heterocycles. The predicted octanol–water partition coefficient (Wildman–Crippen LogP) is 4.59. The topological polar surface area (TPSA) is 197 Å². The molecule has 4 amide bonds. The molecule has 5 N–H and O–H groups in total. The number of nitrogens with one attached hydrogen (secondary N) is 3. The van der Waals surface area contributed by atoms with Crippen LogP contribution in [0.25, 0.3) is 0 Å². The molecule has 0 unspecified atom stereocenters. The fourth-order valence-corrected chi connectivity index (χ4v) is 3.69. The number of nitrogens with zero attached hydrogens (tertiary/aromatic N) is 1. The molecular formula is C33H37N5O9. The highest BCUT2D eigenvalue weighted by molar-refractivity contribution is 6.02. The first-order chi connectivity index (χ1) is 22.4. The first kappa shape index (κ1) is 35.6. The van der Waals surface area contributed by atoms with Crippen molar-refractivity contribution in [2.24, 2.45) is 10.7 Å². The summed E-state index contributed by atoms with van der Waals surface area (Å²) in [6.07, 6.45) is -2.95. The number of alkyl carbamates (subject to hydrolysis) is 3. The van der Waals surface area contributed by atoms with Crippen LogP contribution in [0.2, 0.25) is 0 Å². The fraction of sp³-hybridized carbons (Fsp3) is 0.273. The van der Waals surface area contributed by atoms with Crippen molar-refractivity contribution < 1.29 is 42.9 Å². The average Bonchev–Trinajstić information content (AvgIpc) is 3.02. The van der Waals surface area contributed by atoms with Crippen LogP contribution in [0, 0.1) is 0 Å². The lowest BCUT2D eigenvalue weighted by atomic mass is 10.1. The van der Waals surface area contributed by atoms with Gasteiger partial charge in [0.2, 0.25) is 11.9 Å². The van der Waals surface area contributed by atoms with Gasteiger partial charge in [-0.3, -0.25) is 15.4 Å². The smallest absolute Gasteiger partial charge is 0.414 e. The number of ether oxygens (including phenoxy) is 4. The maximum Gasteiger partial charge on any atom is 0.414 e. The van der Waals surface area contributed by atoms with Crippen LogP contribution in [0.3, 0.4) is 0 Å². The molecule has 1 atom stereocenters. The lowest BCUT2D eigenvalue weighted by molar-refractivity contribution is -0.137. The van der Waals surface area contributed by atoms with E-state index in [1.165, 1.54) is 24.3 Å². The van der Waals surface area contributed by atoms with Gasteiger partial charge in [-0.25, -0.2) is 24.2 Å². The van der Waals surface area contributed by atoms with Gasteiger partial charge in [0, 0.05) is 6.42 Å². The summed E-state index contributed by atoms with van der Waals surface area (Å²) in [7, 11) is 0. The van der Waals surface area contributed by atoms with E-state index in [0.29, 0.717) is 0 Å². The molecule has 3 rings (SSSR count). The Morgan fingerprint density at radius 1 is 0.745 bits per heavy atom. The van der Waals surface area contributed by atoms with E-state index >= 15 is 0 Å². The number of primary amides is 1. The van der Waals surface area contributed by atoms with Crippen molar-refractivity contribution >= 4 is 41.8 Å². The molecule has 0 radical (unpaired) electrons. The molecule has 248 valence electrons. The zero-order chi connectivity index (χ0) is 34.2. The summed E-state index contributed by atoms with van der Waals surface area (Å²) in [5.41, 5.74) is 6.13. The highest BCUT2D eigenvalue weighted by Crippen LogP contribution is 2.19.